The van der Waals surface area contributed by atoms with Crippen LogP contribution in [0.25, 0.3) is 10.9 Å². The van der Waals surface area contributed by atoms with E-state index >= 15 is 0 Å². The van der Waals surface area contributed by atoms with Gasteiger partial charge < -0.3 is 5.32 Å². The van der Waals surface area contributed by atoms with E-state index in [4.69, 9.17) is 0 Å². The van der Waals surface area contributed by atoms with Gasteiger partial charge in [0.15, 0.2) is 0 Å². The molecule has 5 heteroatoms. The standard InChI is InChI=1S/C19H17BrN2OS/c1-12-9-17(16-10-14(20)5-8-18(16)22-12)19(23)21-11-13-3-6-15(24-2)7-4-13/h3-10H,11H2,1-2H3,(H,21,23). The number of halogens is 1. The lowest BCUT2D eigenvalue weighted by Gasteiger charge is -2.10. The van der Waals surface area contributed by atoms with Gasteiger partial charge in [-0.15, -0.1) is 11.8 Å². The molecule has 0 unspecified atom stereocenters. The maximum Gasteiger partial charge on any atom is 0.252 e. The van der Waals surface area contributed by atoms with Crippen LogP contribution in [0.5, 0.6) is 0 Å². The van der Waals surface area contributed by atoms with Crippen LogP contribution in [0.15, 0.2) is 57.9 Å². The van der Waals surface area contributed by atoms with Crippen LogP contribution in [0, 0.1) is 6.92 Å². The number of thioether (sulfide) groups is 1. The van der Waals surface area contributed by atoms with Gasteiger partial charge in [0.25, 0.3) is 5.91 Å². The highest BCUT2D eigenvalue weighted by Gasteiger charge is 2.12. The fourth-order valence-electron chi connectivity index (χ4n) is 2.54. The van der Waals surface area contributed by atoms with Crippen molar-refractivity contribution >= 4 is 44.5 Å². The SMILES string of the molecule is CSc1ccc(CNC(=O)c2cc(C)nc3ccc(Br)cc23)cc1. The maximum absolute atomic E-state index is 12.7. The quantitative estimate of drug-likeness (QED) is 0.629. The zero-order valence-corrected chi connectivity index (χ0v) is 15.9. The van der Waals surface area contributed by atoms with Crippen molar-refractivity contribution in [3.63, 3.8) is 0 Å². The summed E-state index contributed by atoms with van der Waals surface area (Å²) in [4.78, 5) is 18.4. The number of benzene rings is 2. The Morgan fingerprint density at radius 1 is 1.17 bits per heavy atom. The third-order valence-electron chi connectivity index (χ3n) is 3.76. The fourth-order valence-corrected chi connectivity index (χ4v) is 3.31. The molecule has 24 heavy (non-hydrogen) atoms. The molecule has 1 heterocycles. The molecule has 1 aromatic heterocycles. The molecule has 0 atom stereocenters. The van der Waals surface area contributed by atoms with E-state index in [-0.39, 0.29) is 5.91 Å². The molecule has 122 valence electrons. The zero-order valence-electron chi connectivity index (χ0n) is 13.5. The third kappa shape index (κ3) is 3.79. The van der Waals surface area contributed by atoms with Gasteiger partial charge in [0, 0.05) is 27.0 Å². The van der Waals surface area contributed by atoms with Gasteiger partial charge in [0.05, 0.1) is 11.1 Å². The molecule has 0 bridgehead atoms. The third-order valence-corrected chi connectivity index (χ3v) is 4.99. The predicted octanol–water partition coefficient (Wildman–Crippen LogP) is 4.96. The Kier molecular flexibility index (Phi) is 5.21. The van der Waals surface area contributed by atoms with Gasteiger partial charge in [-0.25, -0.2) is 0 Å². The first-order valence-electron chi connectivity index (χ1n) is 7.55. The first kappa shape index (κ1) is 17.0. The second-order valence-electron chi connectivity index (χ2n) is 5.50. The molecule has 0 saturated carbocycles. The van der Waals surface area contributed by atoms with Crippen molar-refractivity contribution in [3.8, 4) is 0 Å². The molecule has 1 N–H and O–H groups in total. The van der Waals surface area contributed by atoms with Crippen LogP contribution >= 0.6 is 27.7 Å². The summed E-state index contributed by atoms with van der Waals surface area (Å²) in [5, 5.41) is 3.85. The summed E-state index contributed by atoms with van der Waals surface area (Å²) in [6, 6.07) is 15.8. The van der Waals surface area contributed by atoms with Gasteiger partial charge >= 0.3 is 0 Å². The number of nitrogens with zero attached hydrogens (tertiary/aromatic N) is 1. The van der Waals surface area contributed by atoms with Crippen molar-refractivity contribution in [1.29, 1.82) is 0 Å². The Balaban J connectivity index is 1.84. The van der Waals surface area contributed by atoms with Crippen LogP contribution in [-0.4, -0.2) is 17.1 Å². The summed E-state index contributed by atoms with van der Waals surface area (Å²) in [6.45, 7) is 2.41. The Labute approximate surface area is 154 Å². The average Bonchev–Trinajstić information content (AvgIpc) is 2.59. The minimum atomic E-state index is -0.0856. The molecule has 1 amide bonds. The lowest BCUT2D eigenvalue weighted by atomic mass is 10.1. The number of carbonyl (C=O) groups is 1. The summed E-state index contributed by atoms with van der Waals surface area (Å²) < 4.78 is 0.933. The van der Waals surface area contributed by atoms with E-state index in [1.165, 1.54) is 4.90 Å². The van der Waals surface area contributed by atoms with Gasteiger partial charge in [-0.2, -0.15) is 0 Å². The minimum Gasteiger partial charge on any atom is -0.348 e. The summed E-state index contributed by atoms with van der Waals surface area (Å²) in [5.41, 5.74) is 3.39. The first-order chi connectivity index (χ1) is 11.6. The Hall–Kier alpha value is -1.85. The van der Waals surface area contributed by atoms with E-state index in [1.54, 1.807) is 11.8 Å². The van der Waals surface area contributed by atoms with E-state index in [9.17, 15) is 4.79 Å². The van der Waals surface area contributed by atoms with Gasteiger partial charge in [-0.3, -0.25) is 9.78 Å². The highest BCUT2D eigenvalue weighted by Crippen LogP contribution is 2.23. The van der Waals surface area contributed by atoms with E-state index in [0.29, 0.717) is 12.1 Å². The number of aryl methyl sites for hydroxylation is 1. The van der Waals surface area contributed by atoms with Crippen LogP contribution in [0.1, 0.15) is 21.6 Å². The second kappa shape index (κ2) is 7.36. The molecule has 3 rings (SSSR count). The number of fused-ring (bicyclic) bond motifs is 1. The number of pyridine rings is 1. The monoisotopic (exact) mass is 400 g/mol. The minimum absolute atomic E-state index is 0.0856. The number of hydrogen-bond donors (Lipinski definition) is 1. The van der Waals surface area contributed by atoms with Crippen LogP contribution in [0.2, 0.25) is 0 Å². The number of rotatable bonds is 4. The van der Waals surface area contributed by atoms with Gasteiger partial charge in [0.1, 0.15) is 0 Å². The Morgan fingerprint density at radius 3 is 2.62 bits per heavy atom. The molecule has 3 nitrogen and oxygen atoms in total. The van der Waals surface area contributed by atoms with Crippen molar-refractivity contribution in [3.05, 3.63) is 69.8 Å². The summed E-state index contributed by atoms with van der Waals surface area (Å²) in [7, 11) is 0. The van der Waals surface area contributed by atoms with E-state index in [0.717, 1.165) is 26.6 Å². The van der Waals surface area contributed by atoms with Crippen LogP contribution in [-0.2, 0) is 6.54 Å². The number of aromatic nitrogens is 1. The molecule has 0 radical (unpaired) electrons. The lowest BCUT2D eigenvalue weighted by molar-refractivity contribution is 0.0952. The smallest absolute Gasteiger partial charge is 0.252 e. The van der Waals surface area contributed by atoms with E-state index in [2.05, 4.69) is 38.4 Å². The first-order valence-corrected chi connectivity index (χ1v) is 9.56. The largest absolute Gasteiger partial charge is 0.348 e. The molecular weight excluding hydrogens is 384 g/mol. The van der Waals surface area contributed by atoms with E-state index < -0.39 is 0 Å². The second-order valence-corrected chi connectivity index (χ2v) is 7.30. The molecule has 0 aliphatic heterocycles. The molecule has 0 fully saturated rings. The fraction of sp³-hybridized carbons (Fsp3) is 0.158. The molecule has 2 aromatic carbocycles. The summed E-state index contributed by atoms with van der Waals surface area (Å²) in [6.07, 6.45) is 2.05. The highest BCUT2D eigenvalue weighted by molar-refractivity contribution is 9.10. The Bertz CT molecular complexity index is 894. The van der Waals surface area contributed by atoms with Crippen LogP contribution in [0.3, 0.4) is 0 Å². The number of carbonyl (C=O) groups excluding carboxylic acids is 1. The molecule has 0 aliphatic carbocycles. The van der Waals surface area contributed by atoms with Gasteiger partial charge in [-0.1, -0.05) is 28.1 Å². The summed E-state index contributed by atoms with van der Waals surface area (Å²) >= 11 is 5.17. The highest BCUT2D eigenvalue weighted by atomic mass is 79.9. The van der Waals surface area contributed by atoms with Crippen molar-refractivity contribution in [2.75, 3.05) is 6.26 Å². The molecular formula is C19H17BrN2OS. The average molecular weight is 401 g/mol. The topological polar surface area (TPSA) is 42.0 Å². The predicted molar refractivity (Wildman–Crippen MR) is 104 cm³/mol. The van der Waals surface area contributed by atoms with Crippen molar-refractivity contribution in [2.45, 2.75) is 18.4 Å². The van der Waals surface area contributed by atoms with Crippen LogP contribution in [0.4, 0.5) is 0 Å². The molecule has 3 aromatic rings. The van der Waals surface area contributed by atoms with Crippen molar-refractivity contribution in [2.24, 2.45) is 0 Å². The molecule has 0 saturated heterocycles. The normalized spacial score (nSPS) is 10.8. The molecule has 0 spiro atoms. The van der Waals surface area contributed by atoms with Gasteiger partial charge in [0.2, 0.25) is 0 Å². The van der Waals surface area contributed by atoms with E-state index in [1.807, 2.05) is 49.6 Å². The van der Waals surface area contributed by atoms with Gasteiger partial charge in [-0.05, 0) is 55.1 Å². The molecule has 0 aliphatic rings. The zero-order chi connectivity index (χ0) is 17.1. The number of amides is 1. The summed E-state index contributed by atoms with van der Waals surface area (Å²) in [5.74, 6) is -0.0856. The van der Waals surface area contributed by atoms with Crippen molar-refractivity contribution in [1.82, 2.24) is 10.3 Å². The Morgan fingerprint density at radius 2 is 1.92 bits per heavy atom. The van der Waals surface area contributed by atoms with Crippen LogP contribution < -0.4 is 5.32 Å². The number of nitrogens with one attached hydrogen (secondary N) is 1. The maximum atomic E-state index is 12.7. The van der Waals surface area contributed by atoms with Crippen molar-refractivity contribution < 1.29 is 4.79 Å². The lowest BCUT2D eigenvalue weighted by Crippen LogP contribution is -2.23. The number of hydrogen-bond acceptors (Lipinski definition) is 3.